The fourth-order valence-electron chi connectivity index (χ4n) is 1.88. The van der Waals surface area contributed by atoms with Crippen molar-refractivity contribution < 1.29 is 21.6 Å². The van der Waals surface area contributed by atoms with E-state index in [2.05, 4.69) is 4.72 Å². The highest BCUT2D eigenvalue weighted by atomic mass is 32.2. The van der Waals surface area contributed by atoms with Gasteiger partial charge in [0.25, 0.3) is 20.0 Å². The summed E-state index contributed by atoms with van der Waals surface area (Å²) in [5, 5.41) is 0. The van der Waals surface area contributed by atoms with Crippen LogP contribution in [0.4, 0.5) is 5.69 Å². The van der Waals surface area contributed by atoms with Crippen molar-refractivity contribution >= 4 is 31.6 Å². The van der Waals surface area contributed by atoms with Crippen molar-refractivity contribution in [3.05, 3.63) is 54.1 Å². The van der Waals surface area contributed by atoms with Gasteiger partial charge in [-0.2, -0.15) is 0 Å². The third-order valence-electron chi connectivity index (χ3n) is 3.03. The Balaban J connectivity index is 2.23. The van der Waals surface area contributed by atoms with Crippen LogP contribution in [0, 0.1) is 6.92 Å². The second-order valence-corrected chi connectivity index (χ2v) is 8.47. The van der Waals surface area contributed by atoms with Crippen LogP contribution in [-0.2, 0) is 24.8 Å². The molecule has 2 N–H and O–H groups in total. The number of benzene rings is 2. The number of amides is 1. The van der Waals surface area contributed by atoms with E-state index in [4.69, 9.17) is 0 Å². The van der Waals surface area contributed by atoms with Gasteiger partial charge in [-0.05, 0) is 43.3 Å². The first-order valence-electron chi connectivity index (χ1n) is 6.83. The molecule has 2 rings (SSSR count). The standard InChI is InChI=1S/C15H16N2O5S2/c1-11-3-7-14(8-4-11)24(21,22)17-13-5-9-15(10-6-13)23(19,20)16-12(2)18/h3-10,17H,1-2H3,(H,16,18). The molecule has 0 heterocycles. The zero-order chi connectivity index (χ0) is 18.0. The van der Waals surface area contributed by atoms with E-state index in [0.717, 1.165) is 12.5 Å². The fraction of sp³-hybridized carbons (Fsp3) is 0.133. The zero-order valence-corrected chi connectivity index (χ0v) is 14.6. The molecule has 0 saturated carbocycles. The van der Waals surface area contributed by atoms with Crippen LogP contribution in [0.3, 0.4) is 0 Å². The Hall–Kier alpha value is -2.39. The van der Waals surface area contributed by atoms with Crippen LogP contribution >= 0.6 is 0 Å². The lowest BCUT2D eigenvalue weighted by Crippen LogP contribution is -2.28. The molecule has 128 valence electrons. The molecule has 2 aromatic carbocycles. The van der Waals surface area contributed by atoms with Crippen LogP contribution < -0.4 is 9.44 Å². The summed E-state index contributed by atoms with van der Waals surface area (Å²) in [5.41, 5.74) is 1.14. The van der Waals surface area contributed by atoms with Gasteiger partial charge in [0.15, 0.2) is 0 Å². The largest absolute Gasteiger partial charge is 0.280 e. The Morgan fingerprint density at radius 3 is 1.75 bits per heavy atom. The zero-order valence-electron chi connectivity index (χ0n) is 13.0. The average molecular weight is 368 g/mol. The van der Waals surface area contributed by atoms with Gasteiger partial charge in [0.1, 0.15) is 0 Å². The number of aryl methyl sites for hydroxylation is 1. The highest BCUT2D eigenvalue weighted by molar-refractivity contribution is 7.92. The van der Waals surface area contributed by atoms with Crippen LogP contribution in [0.1, 0.15) is 12.5 Å². The number of hydrogen-bond donors (Lipinski definition) is 2. The van der Waals surface area contributed by atoms with E-state index >= 15 is 0 Å². The molecule has 0 bridgehead atoms. The molecule has 0 fully saturated rings. The lowest BCUT2D eigenvalue weighted by molar-refractivity contribution is -0.117. The van der Waals surface area contributed by atoms with Crippen molar-refractivity contribution in [3.8, 4) is 0 Å². The maximum Gasteiger partial charge on any atom is 0.264 e. The molecular weight excluding hydrogens is 352 g/mol. The molecular formula is C15H16N2O5S2. The number of nitrogens with one attached hydrogen (secondary N) is 2. The molecule has 2 aromatic rings. The Kier molecular flexibility index (Phi) is 4.95. The number of sulfonamides is 2. The minimum atomic E-state index is -3.95. The van der Waals surface area contributed by atoms with Gasteiger partial charge in [0.2, 0.25) is 5.91 Å². The van der Waals surface area contributed by atoms with Gasteiger partial charge < -0.3 is 0 Å². The molecule has 0 aromatic heterocycles. The van der Waals surface area contributed by atoms with E-state index in [-0.39, 0.29) is 15.5 Å². The molecule has 0 aliphatic rings. The molecule has 0 aliphatic carbocycles. The Labute approximate surface area is 140 Å². The van der Waals surface area contributed by atoms with Crippen molar-refractivity contribution in [1.82, 2.24) is 4.72 Å². The van der Waals surface area contributed by atoms with Crippen LogP contribution in [0.25, 0.3) is 0 Å². The highest BCUT2D eigenvalue weighted by Crippen LogP contribution is 2.18. The van der Waals surface area contributed by atoms with Gasteiger partial charge >= 0.3 is 0 Å². The predicted octanol–water partition coefficient (Wildman–Crippen LogP) is 1.62. The maximum atomic E-state index is 12.3. The Morgan fingerprint density at radius 2 is 1.25 bits per heavy atom. The summed E-state index contributed by atoms with van der Waals surface area (Å²) >= 11 is 0. The van der Waals surface area contributed by atoms with Gasteiger partial charge in [-0.3, -0.25) is 9.52 Å². The summed E-state index contributed by atoms with van der Waals surface area (Å²) in [6.45, 7) is 2.93. The monoisotopic (exact) mass is 368 g/mol. The SMILES string of the molecule is CC(=O)NS(=O)(=O)c1ccc(NS(=O)(=O)c2ccc(C)cc2)cc1. The van der Waals surface area contributed by atoms with Crippen molar-refractivity contribution in [1.29, 1.82) is 0 Å². The topological polar surface area (TPSA) is 109 Å². The maximum absolute atomic E-state index is 12.3. The van der Waals surface area contributed by atoms with Gasteiger partial charge in [0, 0.05) is 12.6 Å². The summed E-state index contributed by atoms with van der Waals surface area (Å²) in [7, 11) is -7.72. The third kappa shape index (κ3) is 4.33. The van der Waals surface area contributed by atoms with E-state index in [1.165, 1.54) is 36.4 Å². The van der Waals surface area contributed by atoms with Crippen molar-refractivity contribution in [2.75, 3.05) is 4.72 Å². The highest BCUT2D eigenvalue weighted by Gasteiger charge is 2.17. The van der Waals surface area contributed by atoms with Crippen LogP contribution in [0.2, 0.25) is 0 Å². The van der Waals surface area contributed by atoms with Gasteiger partial charge in [-0.1, -0.05) is 17.7 Å². The summed E-state index contributed by atoms with van der Waals surface area (Å²) in [5.74, 6) is -0.709. The molecule has 24 heavy (non-hydrogen) atoms. The molecule has 0 saturated heterocycles. The lowest BCUT2D eigenvalue weighted by Gasteiger charge is -2.09. The van der Waals surface area contributed by atoms with E-state index < -0.39 is 26.0 Å². The summed E-state index contributed by atoms with van der Waals surface area (Å²) in [6, 6.07) is 11.3. The molecule has 1 amide bonds. The van der Waals surface area contributed by atoms with E-state index in [9.17, 15) is 21.6 Å². The minimum absolute atomic E-state index is 0.100. The predicted molar refractivity (Wildman–Crippen MR) is 89.4 cm³/mol. The van der Waals surface area contributed by atoms with Crippen molar-refractivity contribution in [2.45, 2.75) is 23.6 Å². The summed E-state index contributed by atoms with van der Waals surface area (Å²) in [4.78, 5) is 10.8. The number of hydrogen-bond acceptors (Lipinski definition) is 5. The molecule has 7 nitrogen and oxygen atoms in total. The summed E-state index contributed by atoms with van der Waals surface area (Å²) < 4.78 is 52.3. The first-order valence-corrected chi connectivity index (χ1v) is 9.80. The fourth-order valence-corrected chi connectivity index (χ4v) is 3.93. The van der Waals surface area contributed by atoms with Gasteiger partial charge in [-0.25, -0.2) is 21.6 Å². The molecule has 0 spiro atoms. The Morgan fingerprint density at radius 1 is 0.792 bits per heavy atom. The first-order chi connectivity index (χ1) is 11.1. The number of carbonyl (C=O) groups is 1. The number of rotatable bonds is 5. The molecule has 9 heteroatoms. The normalized spacial score (nSPS) is 11.8. The van der Waals surface area contributed by atoms with Gasteiger partial charge in [-0.15, -0.1) is 0 Å². The van der Waals surface area contributed by atoms with E-state index in [1.807, 2.05) is 11.6 Å². The van der Waals surface area contributed by atoms with Crippen LogP contribution in [-0.4, -0.2) is 22.7 Å². The minimum Gasteiger partial charge on any atom is -0.280 e. The third-order valence-corrected chi connectivity index (χ3v) is 5.87. The Bertz CT molecular complexity index is 948. The van der Waals surface area contributed by atoms with E-state index in [1.54, 1.807) is 12.1 Å². The quantitative estimate of drug-likeness (QED) is 0.833. The molecule has 0 aliphatic heterocycles. The number of carbonyl (C=O) groups excluding carboxylic acids is 1. The van der Waals surface area contributed by atoms with E-state index in [0.29, 0.717) is 0 Å². The van der Waals surface area contributed by atoms with Crippen molar-refractivity contribution in [3.63, 3.8) is 0 Å². The van der Waals surface area contributed by atoms with Crippen LogP contribution in [0.15, 0.2) is 58.3 Å². The first kappa shape index (κ1) is 18.0. The smallest absolute Gasteiger partial charge is 0.264 e. The van der Waals surface area contributed by atoms with Gasteiger partial charge in [0.05, 0.1) is 9.79 Å². The lowest BCUT2D eigenvalue weighted by atomic mass is 10.2. The molecule has 0 radical (unpaired) electrons. The number of anilines is 1. The van der Waals surface area contributed by atoms with Crippen LogP contribution in [0.5, 0.6) is 0 Å². The second-order valence-electron chi connectivity index (χ2n) is 5.10. The molecule has 0 atom stereocenters. The molecule has 0 unspecified atom stereocenters. The second kappa shape index (κ2) is 6.62. The van der Waals surface area contributed by atoms with Crippen molar-refractivity contribution in [2.24, 2.45) is 0 Å². The average Bonchev–Trinajstić information content (AvgIpc) is 2.46. The summed E-state index contributed by atoms with van der Waals surface area (Å²) in [6.07, 6.45) is 0.